The quantitative estimate of drug-likeness (QED) is 0.418. The smallest absolute Gasteiger partial charge is 0.230 e. The van der Waals surface area contributed by atoms with Crippen LogP contribution in [0.3, 0.4) is 0 Å². The topological polar surface area (TPSA) is 78.3 Å². The average molecular weight is 398 g/mol. The molecule has 0 atom stereocenters. The van der Waals surface area contributed by atoms with Gasteiger partial charge in [0.1, 0.15) is 24.4 Å². The molecule has 0 aliphatic rings. The number of carbonyl (C=O) groups is 1. The summed E-state index contributed by atoms with van der Waals surface area (Å²) >= 11 is 1.34. The number of rotatable bonds is 10. The lowest BCUT2D eigenvalue weighted by Gasteiger charge is -2.09. The van der Waals surface area contributed by atoms with Crippen molar-refractivity contribution in [3.63, 3.8) is 0 Å². The molecule has 8 heteroatoms. The van der Waals surface area contributed by atoms with Gasteiger partial charge in [0.25, 0.3) is 0 Å². The Morgan fingerprint density at radius 2 is 1.79 bits per heavy atom. The van der Waals surface area contributed by atoms with Crippen LogP contribution in [0, 0.1) is 0 Å². The van der Waals surface area contributed by atoms with Crippen molar-refractivity contribution >= 4 is 17.7 Å². The maximum absolute atomic E-state index is 12.1. The number of nitrogens with zero attached hydrogens (tertiary/aromatic N) is 3. The van der Waals surface area contributed by atoms with Gasteiger partial charge in [0.15, 0.2) is 5.16 Å². The molecule has 0 bridgehead atoms. The second-order valence-corrected chi connectivity index (χ2v) is 6.65. The molecular formula is C20H22N4O3S. The van der Waals surface area contributed by atoms with Crippen LogP contribution in [0.25, 0.3) is 5.69 Å². The van der Waals surface area contributed by atoms with Crippen LogP contribution in [0.1, 0.15) is 6.92 Å². The molecular weight excluding hydrogens is 376 g/mol. The number of para-hydroxylation sites is 1. The van der Waals surface area contributed by atoms with Gasteiger partial charge in [-0.25, -0.2) is 0 Å². The third-order valence-corrected chi connectivity index (χ3v) is 4.65. The van der Waals surface area contributed by atoms with Crippen LogP contribution in [0.2, 0.25) is 0 Å². The van der Waals surface area contributed by atoms with Crippen molar-refractivity contribution in [1.82, 2.24) is 20.1 Å². The fourth-order valence-corrected chi connectivity index (χ4v) is 3.19. The van der Waals surface area contributed by atoms with Crippen LogP contribution < -0.4 is 14.8 Å². The van der Waals surface area contributed by atoms with Gasteiger partial charge in [0.05, 0.1) is 18.9 Å². The van der Waals surface area contributed by atoms with Crippen LogP contribution in [0.5, 0.6) is 11.5 Å². The molecule has 0 aliphatic heterocycles. The minimum atomic E-state index is -0.0806. The molecule has 0 radical (unpaired) electrons. The zero-order valence-corrected chi connectivity index (χ0v) is 16.4. The highest BCUT2D eigenvalue weighted by Crippen LogP contribution is 2.19. The number of amides is 1. The first-order valence-electron chi connectivity index (χ1n) is 8.97. The molecule has 146 valence electrons. The third kappa shape index (κ3) is 5.75. The minimum Gasteiger partial charge on any atom is -0.494 e. The molecule has 3 rings (SSSR count). The van der Waals surface area contributed by atoms with E-state index in [-0.39, 0.29) is 11.7 Å². The Bertz CT molecular complexity index is 869. The van der Waals surface area contributed by atoms with Gasteiger partial charge in [-0.3, -0.25) is 9.36 Å². The van der Waals surface area contributed by atoms with Crippen molar-refractivity contribution in [3.8, 4) is 17.2 Å². The Kier molecular flexibility index (Phi) is 7.31. The van der Waals surface area contributed by atoms with Crippen molar-refractivity contribution < 1.29 is 14.3 Å². The Morgan fingerprint density at radius 3 is 2.50 bits per heavy atom. The first kappa shape index (κ1) is 19.8. The monoisotopic (exact) mass is 398 g/mol. The molecule has 7 nitrogen and oxygen atoms in total. The largest absolute Gasteiger partial charge is 0.494 e. The van der Waals surface area contributed by atoms with E-state index in [0.717, 1.165) is 17.2 Å². The fraction of sp³-hybridized carbons (Fsp3) is 0.250. The Labute approximate surface area is 168 Å². The van der Waals surface area contributed by atoms with Crippen molar-refractivity contribution in [2.45, 2.75) is 12.1 Å². The van der Waals surface area contributed by atoms with Crippen molar-refractivity contribution in [2.24, 2.45) is 0 Å². The van der Waals surface area contributed by atoms with E-state index in [9.17, 15) is 4.79 Å². The highest BCUT2D eigenvalue weighted by atomic mass is 32.2. The summed E-state index contributed by atoms with van der Waals surface area (Å²) in [5.74, 6) is 1.73. The lowest BCUT2D eigenvalue weighted by Crippen LogP contribution is -2.29. The normalized spacial score (nSPS) is 10.5. The second kappa shape index (κ2) is 10.4. The summed E-state index contributed by atoms with van der Waals surface area (Å²) in [5.41, 5.74) is 0.958. The van der Waals surface area contributed by atoms with E-state index in [2.05, 4.69) is 15.5 Å². The van der Waals surface area contributed by atoms with E-state index < -0.39 is 0 Å². The van der Waals surface area contributed by atoms with Gasteiger partial charge in [0, 0.05) is 5.69 Å². The maximum Gasteiger partial charge on any atom is 0.230 e. The molecule has 1 N–H and O–H groups in total. The lowest BCUT2D eigenvalue weighted by molar-refractivity contribution is -0.118. The first-order chi connectivity index (χ1) is 13.8. The van der Waals surface area contributed by atoms with E-state index in [1.165, 1.54) is 11.8 Å². The number of ether oxygens (including phenoxy) is 2. The summed E-state index contributed by atoms with van der Waals surface area (Å²) in [4.78, 5) is 12.1. The van der Waals surface area contributed by atoms with Gasteiger partial charge >= 0.3 is 0 Å². The van der Waals surface area contributed by atoms with Crippen molar-refractivity contribution in [3.05, 3.63) is 60.9 Å². The molecule has 0 aliphatic carbocycles. The van der Waals surface area contributed by atoms with E-state index >= 15 is 0 Å². The summed E-state index contributed by atoms with van der Waals surface area (Å²) in [6.45, 7) is 3.39. The average Bonchev–Trinajstić information content (AvgIpc) is 3.20. The highest BCUT2D eigenvalue weighted by molar-refractivity contribution is 7.99. The second-order valence-electron chi connectivity index (χ2n) is 5.71. The summed E-state index contributed by atoms with van der Waals surface area (Å²) in [7, 11) is 0. The van der Waals surface area contributed by atoms with Crippen molar-refractivity contribution in [1.29, 1.82) is 0 Å². The predicted molar refractivity (Wildman–Crippen MR) is 108 cm³/mol. The molecule has 0 spiro atoms. The number of benzene rings is 2. The molecule has 1 amide bonds. The highest BCUT2D eigenvalue weighted by Gasteiger charge is 2.09. The standard InChI is InChI=1S/C20H22N4O3S/c1-2-26-17-8-10-18(11-9-17)27-13-12-21-19(25)14-28-20-23-22-15-24(20)16-6-4-3-5-7-16/h3-11,15H,2,12-14H2,1H3,(H,21,25). The van der Waals surface area contributed by atoms with Crippen LogP contribution in [0.4, 0.5) is 0 Å². The predicted octanol–water partition coefficient (Wildman–Crippen LogP) is 2.95. The van der Waals surface area contributed by atoms with Gasteiger partial charge in [-0.05, 0) is 43.3 Å². The Hall–Kier alpha value is -3.00. The minimum absolute atomic E-state index is 0.0806. The third-order valence-electron chi connectivity index (χ3n) is 3.71. The van der Waals surface area contributed by atoms with Gasteiger partial charge in [0.2, 0.25) is 5.91 Å². The summed E-state index contributed by atoms with van der Waals surface area (Å²) in [5, 5.41) is 11.5. The molecule has 0 unspecified atom stereocenters. The Morgan fingerprint density at radius 1 is 1.07 bits per heavy atom. The van der Waals surface area contributed by atoms with Gasteiger partial charge < -0.3 is 14.8 Å². The molecule has 2 aromatic carbocycles. The number of aromatic nitrogens is 3. The molecule has 1 aromatic heterocycles. The molecule has 0 saturated carbocycles. The number of thioether (sulfide) groups is 1. The van der Waals surface area contributed by atoms with E-state index in [1.807, 2.05) is 66.1 Å². The Balaban J connectivity index is 1.38. The summed E-state index contributed by atoms with van der Waals surface area (Å²) in [6, 6.07) is 17.2. The number of carbonyl (C=O) groups excluding carboxylic acids is 1. The number of nitrogens with one attached hydrogen (secondary N) is 1. The number of hydrogen-bond acceptors (Lipinski definition) is 6. The first-order valence-corrected chi connectivity index (χ1v) is 9.95. The molecule has 0 saturated heterocycles. The van der Waals surface area contributed by atoms with E-state index in [0.29, 0.717) is 24.9 Å². The molecule has 3 aromatic rings. The van der Waals surface area contributed by atoms with Crippen LogP contribution >= 0.6 is 11.8 Å². The van der Waals surface area contributed by atoms with Gasteiger partial charge in [-0.1, -0.05) is 30.0 Å². The van der Waals surface area contributed by atoms with E-state index in [4.69, 9.17) is 9.47 Å². The molecule has 0 fully saturated rings. The SMILES string of the molecule is CCOc1ccc(OCCNC(=O)CSc2nncn2-c2ccccc2)cc1. The van der Waals surface area contributed by atoms with Gasteiger partial charge in [-0.15, -0.1) is 10.2 Å². The van der Waals surface area contributed by atoms with Crippen LogP contribution in [-0.2, 0) is 4.79 Å². The molecule has 1 heterocycles. The van der Waals surface area contributed by atoms with E-state index in [1.54, 1.807) is 6.33 Å². The number of hydrogen-bond donors (Lipinski definition) is 1. The van der Waals surface area contributed by atoms with Crippen molar-refractivity contribution in [2.75, 3.05) is 25.5 Å². The van der Waals surface area contributed by atoms with Gasteiger partial charge in [-0.2, -0.15) is 0 Å². The zero-order chi connectivity index (χ0) is 19.6. The molecule has 28 heavy (non-hydrogen) atoms. The fourth-order valence-electron chi connectivity index (χ4n) is 2.43. The zero-order valence-electron chi connectivity index (χ0n) is 15.6. The van der Waals surface area contributed by atoms with Crippen LogP contribution in [0.15, 0.2) is 66.1 Å². The maximum atomic E-state index is 12.1. The lowest BCUT2D eigenvalue weighted by atomic mass is 10.3. The summed E-state index contributed by atoms with van der Waals surface area (Å²) in [6.07, 6.45) is 1.64. The van der Waals surface area contributed by atoms with Crippen LogP contribution in [-0.4, -0.2) is 46.2 Å². The summed E-state index contributed by atoms with van der Waals surface area (Å²) < 4.78 is 12.9.